The summed E-state index contributed by atoms with van der Waals surface area (Å²) in [5.41, 5.74) is 4.31. The van der Waals surface area contributed by atoms with Crippen molar-refractivity contribution in [2.45, 2.75) is 13.3 Å². The first-order valence-electron chi connectivity index (χ1n) is 7.53. The first-order valence-corrected chi connectivity index (χ1v) is 7.53. The Morgan fingerprint density at radius 2 is 1.95 bits per heavy atom. The number of hydrogen-bond donors (Lipinski definition) is 1. The Morgan fingerprint density at radius 3 is 2.77 bits per heavy atom. The second kappa shape index (κ2) is 6.06. The Balaban J connectivity index is 1.66. The molecule has 22 heavy (non-hydrogen) atoms. The monoisotopic (exact) mass is 292 g/mol. The summed E-state index contributed by atoms with van der Waals surface area (Å²) in [6, 6.07) is 16.0. The van der Waals surface area contributed by atoms with Crippen LogP contribution in [0.4, 0.5) is 0 Å². The molecule has 0 atom stereocenters. The summed E-state index contributed by atoms with van der Waals surface area (Å²) in [4.78, 5) is 12.1. The first kappa shape index (κ1) is 14.4. The van der Waals surface area contributed by atoms with Gasteiger partial charge < -0.3 is 9.88 Å². The Kier molecular flexibility index (Phi) is 3.96. The predicted molar refractivity (Wildman–Crippen MR) is 90.1 cm³/mol. The number of nitrogens with one attached hydrogen (secondary N) is 1. The number of carbonyl (C=O) groups is 1. The van der Waals surface area contributed by atoms with Gasteiger partial charge in [-0.15, -0.1) is 0 Å². The van der Waals surface area contributed by atoms with Gasteiger partial charge in [-0.1, -0.05) is 35.9 Å². The van der Waals surface area contributed by atoms with Crippen molar-refractivity contribution in [2.24, 2.45) is 7.05 Å². The topological polar surface area (TPSA) is 34.0 Å². The number of aromatic nitrogens is 1. The fraction of sp³-hybridized carbons (Fsp3) is 0.211. The largest absolute Gasteiger partial charge is 0.352 e. The molecule has 2 aromatic carbocycles. The normalized spacial score (nSPS) is 10.8. The number of hydrogen-bond acceptors (Lipinski definition) is 1. The smallest absolute Gasteiger partial charge is 0.251 e. The lowest BCUT2D eigenvalue weighted by atomic mass is 10.1. The van der Waals surface area contributed by atoms with Crippen LogP contribution in [0.25, 0.3) is 10.9 Å². The molecule has 0 aliphatic heterocycles. The Bertz CT molecular complexity index is 817. The van der Waals surface area contributed by atoms with Gasteiger partial charge in [-0.3, -0.25) is 4.79 Å². The number of amides is 1. The van der Waals surface area contributed by atoms with Crippen LogP contribution in [-0.4, -0.2) is 17.0 Å². The number of rotatable bonds is 4. The molecule has 3 nitrogen and oxygen atoms in total. The van der Waals surface area contributed by atoms with E-state index in [0.717, 1.165) is 17.5 Å². The predicted octanol–water partition coefficient (Wildman–Crippen LogP) is 3.46. The van der Waals surface area contributed by atoms with Gasteiger partial charge >= 0.3 is 0 Å². The van der Waals surface area contributed by atoms with Crippen LogP contribution >= 0.6 is 0 Å². The number of nitrogens with zero attached hydrogens (tertiary/aromatic N) is 1. The van der Waals surface area contributed by atoms with E-state index in [1.54, 1.807) is 0 Å². The highest BCUT2D eigenvalue weighted by molar-refractivity contribution is 5.94. The van der Waals surface area contributed by atoms with Crippen LogP contribution in [-0.2, 0) is 13.5 Å². The van der Waals surface area contributed by atoms with Crippen LogP contribution in [0.5, 0.6) is 0 Å². The first-order chi connectivity index (χ1) is 10.6. The van der Waals surface area contributed by atoms with E-state index in [1.165, 1.54) is 16.5 Å². The minimum Gasteiger partial charge on any atom is -0.352 e. The molecular formula is C19H20N2O. The summed E-state index contributed by atoms with van der Waals surface area (Å²) in [5.74, 6) is -0.0102. The second-order valence-electron chi connectivity index (χ2n) is 5.66. The van der Waals surface area contributed by atoms with Gasteiger partial charge in [0.25, 0.3) is 5.91 Å². The third-order valence-electron chi connectivity index (χ3n) is 3.94. The van der Waals surface area contributed by atoms with Crippen molar-refractivity contribution >= 4 is 16.8 Å². The van der Waals surface area contributed by atoms with Gasteiger partial charge in [0, 0.05) is 36.3 Å². The Hall–Kier alpha value is -2.55. The van der Waals surface area contributed by atoms with Crippen LogP contribution in [0.1, 0.15) is 21.5 Å². The van der Waals surface area contributed by atoms with E-state index in [2.05, 4.69) is 41.3 Å². The molecule has 0 aliphatic rings. The highest BCUT2D eigenvalue weighted by Gasteiger charge is 2.08. The minimum absolute atomic E-state index is 0.0102. The minimum atomic E-state index is -0.0102. The number of para-hydroxylation sites is 1. The van der Waals surface area contributed by atoms with Crippen LogP contribution in [0.15, 0.2) is 54.7 Å². The molecule has 0 saturated heterocycles. The summed E-state index contributed by atoms with van der Waals surface area (Å²) in [5, 5.41) is 4.26. The number of benzene rings is 2. The average Bonchev–Trinajstić information content (AvgIpc) is 2.84. The van der Waals surface area contributed by atoms with Gasteiger partial charge in [0.2, 0.25) is 0 Å². The molecule has 1 aromatic heterocycles. The summed E-state index contributed by atoms with van der Waals surface area (Å²) < 4.78 is 2.13. The molecule has 0 fully saturated rings. The fourth-order valence-corrected chi connectivity index (χ4v) is 2.82. The van der Waals surface area contributed by atoms with E-state index < -0.39 is 0 Å². The zero-order valence-electron chi connectivity index (χ0n) is 13.0. The fourth-order valence-electron chi connectivity index (χ4n) is 2.82. The molecule has 1 N–H and O–H groups in total. The summed E-state index contributed by atoms with van der Waals surface area (Å²) in [7, 11) is 2.05. The van der Waals surface area contributed by atoms with Crippen molar-refractivity contribution in [2.75, 3.05) is 6.54 Å². The zero-order chi connectivity index (χ0) is 15.5. The number of carbonyl (C=O) groups excluding carboxylic acids is 1. The lowest BCUT2D eigenvalue weighted by Gasteiger charge is -2.05. The molecule has 1 amide bonds. The van der Waals surface area contributed by atoms with Crippen molar-refractivity contribution in [3.8, 4) is 0 Å². The van der Waals surface area contributed by atoms with Gasteiger partial charge in [-0.05, 0) is 37.1 Å². The zero-order valence-corrected chi connectivity index (χ0v) is 13.0. The lowest BCUT2D eigenvalue weighted by molar-refractivity contribution is 0.0954. The van der Waals surface area contributed by atoms with Gasteiger partial charge in [0.15, 0.2) is 0 Å². The van der Waals surface area contributed by atoms with Crippen molar-refractivity contribution in [3.63, 3.8) is 0 Å². The molecule has 0 saturated carbocycles. The summed E-state index contributed by atoms with van der Waals surface area (Å²) >= 11 is 0. The highest BCUT2D eigenvalue weighted by Crippen LogP contribution is 2.20. The van der Waals surface area contributed by atoms with E-state index >= 15 is 0 Å². The van der Waals surface area contributed by atoms with Gasteiger partial charge in [-0.25, -0.2) is 0 Å². The molecule has 0 aliphatic carbocycles. The molecule has 3 aromatic rings. The van der Waals surface area contributed by atoms with Crippen LogP contribution in [0.2, 0.25) is 0 Å². The third kappa shape index (κ3) is 2.89. The van der Waals surface area contributed by atoms with E-state index in [1.807, 2.05) is 37.3 Å². The summed E-state index contributed by atoms with van der Waals surface area (Å²) in [6.45, 7) is 2.63. The Morgan fingerprint density at radius 1 is 1.14 bits per heavy atom. The van der Waals surface area contributed by atoms with Gasteiger partial charge in [-0.2, -0.15) is 0 Å². The standard InChI is InChI=1S/C19H20N2O/c1-14-6-5-7-15(12-14)19(22)20-11-10-16-13-21(2)18-9-4-3-8-17(16)18/h3-9,12-13H,10-11H2,1-2H3,(H,20,22). The molecule has 112 valence electrons. The molecular weight excluding hydrogens is 272 g/mol. The highest BCUT2D eigenvalue weighted by atomic mass is 16.1. The van der Waals surface area contributed by atoms with E-state index in [-0.39, 0.29) is 5.91 Å². The van der Waals surface area contributed by atoms with Crippen LogP contribution < -0.4 is 5.32 Å². The molecule has 0 unspecified atom stereocenters. The molecule has 3 rings (SSSR count). The summed E-state index contributed by atoms with van der Waals surface area (Å²) in [6.07, 6.45) is 2.97. The van der Waals surface area contributed by atoms with Crippen LogP contribution in [0.3, 0.4) is 0 Å². The molecule has 0 spiro atoms. The molecule has 1 heterocycles. The SMILES string of the molecule is Cc1cccc(C(=O)NCCc2cn(C)c3ccccc23)c1. The van der Waals surface area contributed by atoms with E-state index in [4.69, 9.17) is 0 Å². The van der Waals surface area contributed by atoms with Crippen molar-refractivity contribution in [1.29, 1.82) is 0 Å². The lowest BCUT2D eigenvalue weighted by Crippen LogP contribution is -2.25. The van der Waals surface area contributed by atoms with Crippen molar-refractivity contribution in [3.05, 3.63) is 71.4 Å². The van der Waals surface area contributed by atoms with Crippen molar-refractivity contribution in [1.82, 2.24) is 9.88 Å². The van der Waals surface area contributed by atoms with E-state index in [9.17, 15) is 4.79 Å². The Labute approximate surface area is 130 Å². The van der Waals surface area contributed by atoms with E-state index in [0.29, 0.717) is 6.54 Å². The maximum Gasteiger partial charge on any atom is 0.251 e. The maximum absolute atomic E-state index is 12.1. The van der Waals surface area contributed by atoms with Gasteiger partial charge in [0.05, 0.1) is 0 Å². The molecule has 0 bridgehead atoms. The third-order valence-corrected chi connectivity index (χ3v) is 3.94. The molecule has 0 radical (unpaired) electrons. The number of aryl methyl sites for hydroxylation is 2. The van der Waals surface area contributed by atoms with Gasteiger partial charge in [0.1, 0.15) is 0 Å². The maximum atomic E-state index is 12.1. The average molecular weight is 292 g/mol. The second-order valence-corrected chi connectivity index (χ2v) is 5.66. The van der Waals surface area contributed by atoms with Crippen molar-refractivity contribution < 1.29 is 4.79 Å². The van der Waals surface area contributed by atoms with Crippen LogP contribution in [0, 0.1) is 6.92 Å². The molecule has 3 heteroatoms. The number of fused-ring (bicyclic) bond motifs is 1. The quantitative estimate of drug-likeness (QED) is 0.785.